The molecule has 0 aromatic carbocycles. The minimum atomic E-state index is -0.155. The molecule has 1 aliphatic rings. The van der Waals surface area contributed by atoms with Gasteiger partial charge < -0.3 is 10.6 Å². The Morgan fingerprint density at radius 2 is 2.05 bits per heavy atom. The molecule has 0 bridgehead atoms. The van der Waals surface area contributed by atoms with Crippen molar-refractivity contribution in [3.8, 4) is 0 Å². The van der Waals surface area contributed by atoms with Crippen LogP contribution in [0, 0.1) is 5.92 Å². The molecule has 1 heterocycles. The standard InChI is InChI=1S/C15H29N3OS/c1-6-11(7-2)12-10-17-14(20-12)16-9-8-13(19)18-15(3,4)5/h11-12H,6-10H2,1-5H3,(H,16,17)(H,18,19). The third kappa shape index (κ3) is 6.16. The van der Waals surface area contributed by atoms with Gasteiger partial charge in [0.25, 0.3) is 0 Å². The first-order valence-corrected chi connectivity index (χ1v) is 8.49. The molecule has 1 aliphatic heterocycles. The fourth-order valence-corrected chi connectivity index (χ4v) is 3.66. The second kappa shape index (κ2) is 7.91. The van der Waals surface area contributed by atoms with Gasteiger partial charge in [0, 0.05) is 23.8 Å². The highest BCUT2D eigenvalue weighted by Gasteiger charge is 2.25. The maximum Gasteiger partial charge on any atom is 0.222 e. The fourth-order valence-electron chi connectivity index (χ4n) is 2.31. The lowest BCUT2D eigenvalue weighted by Gasteiger charge is -2.20. The average molecular weight is 299 g/mol. The number of amidine groups is 1. The van der Waals surface area contributed by atoms with Gasteiger partial charge in [-0.3, -0.25) is 9.79 Å². The van der Waals surface area contributed by atoms with Crippen LogP contribution < -0.4 is 10.6 Å². The van der Waals surface area contributed by atoms with E-state index in [4.69, 9.17) is 0 Å². The first-order chi connectivity index (χ1) is 9.35. The number of aliphatic imine (C=N–C) groups is 1. The van der Waals surface area contributed by atoms with E-state index in [1.54, 1.807) is 0 Å². The molecule has 1 unspecified atom stereocenters. The summed E-state index contributed by atoms with van der Waals surface area (Å²) < 4.78 is 0. The number of hydrogen-bond acceptors (Lipinski definition) is 4. The summed E-state index contributed by atoms with van der Waals surface area (Å²) >= 11 is 1.84. The summed E-state index contributed by atoms with van der Waals surface area (Å²) in [5.41, 5.74) is -0.155. The Bertz CT molecular complexity index is 346. The van der Waals surface area contributed by atoms with Gasteiger partial charge in [-0.15, -0.1) is 0 Å². The number of nitrogens with one attached hydrogen (secondary N) is 2. The van der Waals surface area contributed by atoms with Crippen molar-refractivity contribution >= 4 is 22.8 Å². The Hall–Kier alpha value is -0.710. The topological polar surface area (TPSA) is 53.5 Å². The van der Waals surface area contributed by atoms with E-state index in [1.165, 1.54) is 12.8 Å². The van der Waals surface area contributed by atoms with Crippen LogP contribution >= 0.6 is 11.8 Å². The first-order valence-electron chi connectivity index (χ1n) is 7.61. The lowest BCUT2D eigenvalue weighted by molar-refractivity contribution is -0.122. The van der Waals surface area contributed by atoms with Gasteiger partial charge in [0.1, 0.15) is 0 Å². The van der Waals surface area contributed by atoms with Gasteiger partial charge in [0.05, 0.1) is 6.54 Å². The maximum absolute atomic E-state index is 11.7. The summed E-state index contributed by atoms with van der Waals surface area (Å²) in [6.07, 6.45) is 2.92. The van der Waals surface area contributed by atoms with E-state index in [0.29, 0.717) is 18.2 Å². The molecule has 0 aromatic heterocycles. The lowest BCUT2D eigenvalue weighted by Crippen LogP contribution is -2.41. The van der Waals surface area contributed by atoms with E-state index in [2.05, 4.69) is 29.5 Å². The molecular formula is C15H29N3OS. The van der Waals surface area contributed by atoms with Crippen molar-refractivity contribution in [2.24, 2.45) is 10.9 Å². The summed E-state index contributed by atoms with van der Waals surface area (Å²) in [7, 11) is 0. The van der Waals surface area contributed by atoms with Gasteiger partial charge >= 0.3 is 0 Å². The van der Waals surface area contributed by atoms with Gasteiger partial charge in [-0.25, -0.2) is 0 Å². The number of carbonyl (C=O) groups is 1. The zero-order valence-electron chi connectivity index (χ0n) is 13.5. The number of nitrogens with zero attached hydrogens (tertiary/aromatic N) is 1. The van der Waals surface area contributed by atoms with E-state index in [1.807, 2.05) is 32.5 Å². The molecule has 0 aromatic rings. The lowest BCUT2D eigenvalue weighted by atomic mass is 9.99. The minimum Gasteiger partial charge on any atom is -0.364 e. The third-order valence-corrected chi connectivity index (χ3v) is 4.73. The molecule has 0 saturated carbocycles. The summed E-state index contributed by atoms with van der Waals surface area (Å²) in [5, 5.41) is 7.86. The molecule has 0 saturated heterocycles. The molecule has 0 fully saturated rings. The first kappa shape index (κ1) is 17.3. The van der Waals surface area contributed by atoms with E-state index < -0.39 is 0 Å². The van der Waals surface area contributed by atoms with Crippen LogP contribution in [0.15, 0.2) is 4.99 Å². The second-order valence-corrected chi connectivity index (χ2v) is 7.58. The van der Waals surface area contributed by atoms with E-state index in [9.17, 15) is 4.79 Å². The second-order valence-electron chi connectivity index (χ2n) is 6.35. The fraction of sp³-hybridized carbons (Fsp3) is 0.867. The molecular weight excluding hydrogens is 270 g/mol. The predicted octanol–water partition coefficient (Wildman–Crippen LogP) is 2.79. The quantitative estimate of drug-likeness (QED) is 0.793. The molecule has 1 amide bonds. The SMILES string of the molecule is CCC(CC)C1CN=C(NCCC(=O)NC(C)(C)C)S1. The van der Waals surface area contributed by atoms with Crippen LogP contribution in [0.1, 0.15) is 53.9 Å². The van der Waals surface area contributed by atoms with Gasteiger partial charge in [-0.2, -0.15) is 0 Å². The highest BCUT2D eigenvalue weighted by molar-refractivity contribution is 8.14. The Morgan fingerprint density at radius 3 is 2.60 bits per heavy atom. The number of rotatable bonds is 6. The van der Waals surface area contributed by atoms with E-state index >= 15 is 0 Å². The summed E-state index contributed by atoms with van der Waals surface area (Å²) in [6, 6.07) is 0. The molecule has 4 nitrogen and oxygen atoms in total. The maximum atomic E-state index is 11.7. The third-order valence-electron chi connectivity index (χ3n) is 3.40. The highest BCUT2D eigenvalue weighted by Crippen LogP contribution is 2.30. The van der Waals surface area contributed by atoms with Gasteiger partial charge in [-0.1, -0.05) is 38.5 Å². The Balaban J connectivity index is 2.23. The van der Waals surface area contributed by atoms with Crippen LogP contribution in [-0.4, -0.2) is 35.0 Å². The van der Waals surface area contributed by atoms with Crippen LogP contribution in [0.25, 0.3) is 0 Å². The monoisotopic (exact) mass is 299 g/mol. The van der Waals surface area contributed by atoms with Gasteiger partial charge in [0.15, 0.2) is 5.17 Å². The minimum absolute atomic E-state index is 0.0881. The normalized spacial score (nSPS) is 19.1. The summed E-state index contributed by atoms with van der Waals surface area (Å²) in [6.45, 7) is 12.0. The van der Waals surface area contributed by atoms with Crippen molar-refractivity contribution < 1.29 is 4.79 Å². The number of hydrogen-bond donors (Lipinski definition) is 2. The molecule has 0 spiro atoms. The van der Waals surface area contributed by atoms with Gasteiger partial charge in [0.2, 0.25) is 5.91 Å². The van der Waals surface area contributed by atoms with Crippen molar-refractivity contribution in [1.82, 2.24) is 10.6 Å². The molecule has 2 N–H and O–H groups in total. The Labute approximate surface area is 127 Å². The number of carbonyl (C=O) groups excluding carboxylic acids is 1. The van der Waals surface area contributed by atoms with Crippen LogP contribution in [0.2, 0.25) is 0 Å². The molecule has 0 aliphatic carbocycles. The Morgan fingerprint density at radius 1 is 1.40 bits per heavy atom. The van der Waals surface area contributed by atoms with Crippen molar-refractivity contribution in [3.05, 3.63) is 0 Å². The molecule has 20 heavy (non-hydrogen) atoms. The van der Waals surface area contributed by atoms with Crippen molar-refractivity contribution in [2.75, 3.05) is 13.1 Å². The zero-order valence-corrected chi connectivity index (χ0v) is 14.3. The average Bonchev–Trinajstić information content (AvgIpc) is 2.77. The number of thioether (sulfide) groups is 1. The van der Waals surface area contributed by atoms with Crippen LogP contribution in [0.5, 0.6) is 0 Å². The van der Waals surface area contributed by atoms with Gasteiger partial charge in [-0.05, 0) is 26.7 Å². The predicted molar refractivity (Wildman–Crippen MR) is 88.3 cm³/mol. The molecule has 0 radical (unpaired) electrons. The molecule has 1 atom stereocenters. The van der Waals surface area contributed by atoms with Crippen molar-refractivity contribution in [3.63, 3.8) is 0 Å². The molecule has 116 valence electrons. The highest BCUT2D eigenvalue weighted by atomic mass is 32.2. The zero-order chi connectivity index (χ0) is 15.2. The smallest absolute Gasteiger partial charge is 0.222 e. The summed E-state index contributed by atoms with van der Waals surface area (Å²) in [5.74, 6) is 0.831. The molecule has 1 rings (SSSR count). The van der Waals surface area contributed by atoms with E-state index in [-0.39, 0.29) is 11.4 Å². The van der Waals surface area contributed by atoms with Crippen LogP contribution in [0.3, 0.4) is 0 Å². The Kier molecular flexibility index (Phi) is 6.86. The largest absolute Gasteiger partial charge is 0.364 e. The van der Waals surface area contributed by atoms with E-state index in [0.717, 1.165) is 17.6 Å². The van der Waals surface area contributed by atoms with Crippen LogP contribution in [-0.2, 0) is 4.79 Å². The van der Waals surface area contributed by atoms with Crippen LogP contribution in [0.4, 0.5) is 0 Å². The molecule has 5 heteroatoms. The summed E-state index contributed by atoms with van der Waals surface area (Å²) in [4.78, 5) is 16.2. The number of amides is 1. The van der Waals surface area contributed by atoms with Crippen molar-refractivity contribution in [2.45, 2.75) is 64.7 Å². The van der Waals surface area contributed by atoms with Crippen molar-refractivity contribution in [1.29, 1.82) is 0 Å².